The number of carbonyl (C=O) groups is 1. The van der Waals surface area contributed by atoms with Gasteiger partial charge in [0.05, 0.1) is 25.7 Å². The van der Waals surface area contributed by atoms with Crippen molar-refractivity contribution in [2.45, 2.75) is 19.5 Å². The minimum Gasteiger partial charge on any atom is -0.379 e. The molecule has 0 saturated carbocycles. The van der Waals surface area contributed by atoms with Gasteiger partial charge in [0.15, 0.2) is 11.5 Å². The van der Waals surface area contributed by atoms with Crippen molar-refractivity contribution in [3.63, 3.8) is 0 Å². The molecule has 7 nitrogen and oxygen atoms in total. The molecule has 21 heavy (non-hydrogen) atoms. The number of nitrogens with zero attached hydrogens (tertiary/aromatic N) is 3. The van der Waals surface area contributed by atoms with Crippen molar-refractivity contribution in [2.24, 2.45) is 5.92 Å². The molecule has 2 unspecified atom stereocenters. The van der Waals surface area contributed by atoms with Crippen LogP contribution in [-0.4, -0.2) is 46.3 Å². The zero-order valence-electron chi connectivity index (χ0n) is 12.0. The van der Waals surface area contributed by atoms with Crippen molar-refractivity contribution >= 4 is 11.6 Å². The normalized spacial score (nSPS) is 21.8. The van der Waals surface area contributed by atoms with Crippen LogP contribution in [0.5, 0.6) is 0 Å². The van der Waals surface area contributed by atoms with Crippen molar-refractivity contribution in [1.82, 2.24) is 25.2 Å². The van der Waals surface area contributed by atoms with Crippen molar-refractivity contribution < 1.29 is 9.53 Å². The van der Waals surface area contributed by atoms with Crippen molar-refractivity contribution in [3.8, 4) is 0 Å². The molecule has 2 N–H and O–H groups in total. The maximum absolute atomic E-state index is 12.3. The molecule has 2 aromatic heterocycles. The van der Waals surface area contributed by atoms with Gasteiger partial charge in [-0.2, -0.15) is 0 Å². The summed E-state index contributed by atoms with van der Waals surface area (Å²) in [7, 11) is 0. The Morgan fingerprint density at radius 3 is 3.19 bits per heavy atom. The van der Waals surface area contributed by atoms with Crippen LogP contribution in [-0.2, 0) is 16.1 Å². The van der Waals surface area contributed by atoms with Gasteiger partial charge in [-0.05, 0) is 18.7 Å². The first-order valence-corrected chi connectivity index (χ1v) is 7.17. The number of carbonyl (C=O) groups excluding carboxylic acids is 1. The molecule has 1 amide bonds. The highest BCUT2D eigenvalue weighted by Gasteiger charge is 2.33. The second-order valence-corrected chi connectivity index (χ2v) is 5.07. The monoisotopic (exact) mass is 289 g/mol. The number of likely N-dealkylation sites (N-methyl/N-ethyl adjacent to an activating group) is 1. The highest BCUT2D eigenvalue weighted by molar-refractivity contribution is 5.79. The molecule has 3 rings (SSSR count). The van der Waals surface area contributed by atoms with E-state index in [0.717, 1.165) is 18.0 Å². The van der Waals surface area contributed by atoms with Gasteiger partial charge < -0.3 is 15.4 Å². The number of rotatable bonds is 5. The summed E-state index contributed by atoms with van der Waals surface area (Å²) >= 11 is 0. The van der Waals surface area contributed by atoms with E-state index in [2.05, 4.69) is 20.8 Å². The van der Waals surface area contributed by atoms with Crippen LogP contribution in [0.25, 0.3) is 5.65 Å². The number of hydrogen-bond donors (Lipinski definition) is 2. The maximum Gasteiger partial charge on any atom is 0.227 e. The van der Waals surface area contributed by atoms with Crippen molar-refractivity contribution in [2.75, 3.05) is 19.8 Å². The Hall–Kier alpha value is -1.99. The fourth-order valence-electron chi connectivity index (χ4n) is 2.58. The molecule has 2 atom stereocenters. The lowest BCUT2D eigenvalue weighted by Crippen LogP contribution is -2.43. The number of nitrogens with one attached hydrogen (secondary N) is 2. The van der Waals surface area contributed by atoms with Crippen LogP contribution in [0.4, 0.5) is 0 Å². The zero-order chi connectivity index (χ0) is 14.7. The van der Waals surface area contributed by atoms with E-state index in [1.807, 2.05) is 35.7 Å². The third kappa shape index (κ3) is 2.88. The molecule has 1 aliphatic rings. The number of ether oxygens (including phenoxy) is 1. The third-order valence-corrected chi connectivity index (χ3v) is 3.69. The molecule has 0 radical (unpaired) electrons. The van der Waals surface area contributed by atoms with Gasteiger partial charge in [0, 0.05) is 12.2 Å². The summed E-state index contributed by atoms with van der Waals surface area (Å²) in [5.74, 6) is 0.563. The Bertz CT molecular complexity index is 627. The number of aromatic nitrogens is 3. The largest absolute Gasteiger partial charge is 0.379 e. The summed E-state index contributed by atoms with van der Waals surface area (Å²) in [5.41, 5.74) is 0.775. The highest BCUT2D eigenvalue weighted by Crippen LogP contribution is 2.14. The molecule has 1 saturated heterocycles. The maximum atomic E-state index is 12.3. The molecule has 0 spiro atoms. The van der Waals surface area contributed by atoms with E-state index < -0.39 is 0 Å². The SMILES string of the molecule is CCNC1COCC1C(=O)NCc1nnc2ccccn12. The van der Waals surface area contributed by atoms with Crippen molar-refractivity contribution in [3.05, 3.63) is 30.2 Å². The minimum absolute atomic E-state index is 0.00821. The van der Waals surface area contributed by atoms with Crippen LogP contribution < -0.4 is 10.6 Å². The van der Waals surface area contributed by atoms with Crippen molar-refractivity contribution in [1.29, 1.82) is 0 Å². The topological polar surface area (TPSA) is 80.5 Å². The van der Waals surface area contributed by atoms with E-state index in [9.17, 15) is 4.79 Å². The van der Waals surface area contributed by atoms with Crippen LogP contribution in [0, 0.1) is 5.92 Å². The van der Waals surface area contributed by atoms with E-state index in [1.165, 1.54) is 0 Å². The van der Waals surface area contributed by atoms with E-state index in [-0.39, 0.29) is 17.9 Å². The molecular formula is C14H19N5O2. The van der Waals surface area contributed by atoms with E-state index in [4.69, 9.17) is 4.74 Å². The van der Waals surface area contributed by atoms with Crippen LogP contribution in [0.2, 0.25) is 0 Å². The third-order valence-electron chi connectivity index (χ3n) is 3.69. The lowest BCUT2D eigenvalue weighted by atomic mass is 10.0. The van der Waals surface area contributed by atoms with E-state index in [0.29, 0.717) is 19.8 Å². The van der Waals surface area contributed by atoms with Gasteiger partial charge in [0.1, 0.15) is 0 Å². The fraction of sp³-hybridized carbons (Fsp3) is 0.500. The highest BCUT2D eigenvalue weighted by atomic mass is 16.5. The average molecular weight is 289 g/mol. The van der Waals surface area contributed by atoms with Crippen LogP contribution in [0.15, 0.2) is 24.4 Å². The van der Waals surface area contributed by atoms with E-state index in [1.54, 1.807) is 0 Å². The zero-order valence-corrected chi connectivity index (χ0v) is 12.0. The standard InChI is InChI=1S/C14H19N5O2/c1-2-15-11-9-21-8-10(11)14(20)16-7-13-18-17-12-5-3-4-6-19(12)13/h3-6,10-11,15H,2,7-9H2,1H3,(H,16,20). The van der Waals surface area contributed by atoms with Crippen LogP contribution in [0.3, 0.4) is 0 Å². The van der Waals surface area contributed by atoms with E-state index >= 15 is 0 Å². The Morgan fingerprint density at radius 1 is 1.43 bits per heavy atom. The summed E-state index contributed by atoms with van der Waals surface area (Å²) < 4.78 is 7.26. The van der Waals surface area contributed by atoms with Crippen LogP contribution >= 0.6 is 0 Å². The number of pyridine rings is 1. The molecular weight excluding hydrogens is 270 g/mol. The predicted molar refractivity (Wildman–Crippen MR) is 76.6 cm³/mol. The number of hydrogen-bond acceptors (Lipinski definition) is 5. The second kappa shape index (κ2) is 6.19. The van der Waals surface area contributed by atoms with Gasteiger partial charge in [-0.1, -0.05) is 13.0 Å². The molecule has 0 aromatic carbocycles. The number of amides is 1. The Balaban J connectivity index is 1.63. The fourth-order valence-corrected chi connectivity index (χ4v) is 2.58. The van der Waals surface area contributed by atoms with Gasteiger partial charge in [-0.15, -0.1) is 10.2 Å². The molecule has 0 bridgehead atoms. The Kier molecular flexibility index (Phi) is 4.12. The van der Waals surface area contributed by atoms with Crippen LogP contribution in [0.1, 0.15) is 12.7 Å². The number of fused-ring (bicyclic) bond motifs is 1. The average Bonchev–Trinajstić information content (AvgIpc) is 3.12. The molecule has 0 aliphatic carbocycles. The Morgan fingerprint density at radius 2 is 2.33 bits per heavy atom. The smallest absolute Gasteiger partial charge is 0.227 e. The molecule has 2 aromatic rings. The van der Waals surface area contributed by atoms with Gasteiger partial charge in [0.25, 0.3) is 0 Å². The summed E-state index contributed by atoms with van der Waals surface area (Å²) in [6, 6.07) is 5.78. The lowest BCUT2D eigenvalue weighted by Gasteiger charge is -2.17. The second-order valence-electron chi connectivity index (χ2n) is 5.07. The molecule has 1 aliphatic heterocycles. The molecule has 112 valence electrons. The van der Waals surface area contributed by atoms with Gasteiger partial charge in [-0.3, -0.25) is 9.20 Å². The summed E-state index contributed by atoms with van der Waals surface area (Å²) in [6.45, 7) is 4.26. The predicted octanol–water partition coefficient (Wildman–Crippen LogP) is -0.0300. The first kappa shape index (κ1) is 14.0. The van der Waals surface area contributed by atoms with Gasteiger partial charge in [-0.25, -0.2) is 0 Å². The molecule has 7 heteroatoms. The lowest BCUT2D eigenvalue weighted by molar-refractivity contribution is -0.125. The molecule has 1 fully saturated rings. The summed E-state index contributed by atoms with van der Waals surface area (Å²) in [6.07, 6.45) is 1.89. The summed E-state index contributed by atoms with van der Waals surface area (Å²) in [4.78, 5) is 12.3. The molecule has 3 heterocycles. The first-order valence-electron chi connectivity index (χ1n) is 7.17. The first-order chi connectivity index (χ1) is 10.3. The quantitative estimate of drug-likeness (QED) is 0.808. The minimum atomic E-state index is -0.149. The van der Waals surface area contributed by atoms with Gasteiger partial charge in [0.2, 0.25) is 5.91 Å². The van der Waals surface area contributed by atoms with Gasteiger partial charge >= 0.3 is 0 Å². The summed E-state index contributed by atoms with van der Waals surface area (Å²) in [5, 5.41) is 14.4. The Labute approximate surface area is 122 Å².